The second-order valence-electron chi connectivity index (χ2n) is 9.61. The van der Waals surface area contributed by atoms with Crippen LogP contribution in [0.25, 0.3) is 23.0 Å². The molecule has 0 fully saturated rings. The predicted octanol–water partition coefficient (Wildman–Crippen LogP) is 6.26. The number of aromatic nitrogens is 4. The molecule has 0 atom stereocenters. The van der Waals surface area contributed by atoms with Crippen molar-refractivity contribution >= 4 is 6.09 Å². The quantitative estimate of drug-likeness (QED) is 0.308. The summed E-state index contributed by atoms with van der Waals surface area (Å²) in [4.78, 5) is 26.7. The minimum Gasteiger partial charge on any atom is -0.444 e. The number of benzene rings is 2. The number of rotatable bonds is 4. The summed E-state index contributed by atoms with van der Waals surface area (Å²) in [6, 6.07) is 9.94. The van der Waals surface area contributed by atoms with Gasteiger partial charge in [0.05, 0.1) is 18.0 Å². The summed E-state index contributed by atoms with van der Waals surface area (Å²) >= 11 is 0. The number of nitrogens with zero attached hydrogens (tertiary/aromatic N) is 5. The van der Waals surface area contributed by atoms with E-state index < -0.39 is 17.3 Å². The Balaban J connectivity index is 1.24. The molecule has 2 aromatic carbocycles. The average molecular weight is 525 g/mol. The van der Waals surface area contributed by atoms with E-state index in [0.717, 1.165) is 23.3 Å². The van der Waals surface area contributed by atoms with Crippen LogP contribution < -0.4 is 4.74 Å². The van der Waals surface area contributed by atoms with Gasteiger partial charge >= 0.3 is 12.3 Å². The number of alkyl halides is 3. The Hall–Kier alpha value is -4.48. The molecule has 38 heavy (non-hydrogen) atoms. The van der Waals surface area contributed by atoms with Crippen LogP contribution in [0.4, 0.5) is 18.0 Å². The van der Waals surface area contributed by atoms with E-state index in [4.69, 9.17) is 14.0 Å². The number of hydrogen-bond donors (Lipinski definition) is 0. The van der Waals surface area contributed by atoms with Crippen molar-refractivity contribution in [1.29, 1.82) is 0 Å². The lowest BCUT2D eigenvalue weighted by atomic mass is 10.1. The van der Waals surface area contributed by atoms with E-state index in [1.165, 1.54) is 24.5 Å². The van der Waals surface area contributed by atoms with Gasteiger partial charge in [-0.3, -0.25) is 4.90 Å². The van der Waals surface area contributed by atoms with E-state index in [2.05, 4.69) is 20.1 Å². The molecule has 5 rings (SSSR count). The molecule has 1 aliphatic heterocycles. The zero-order valence-electron chi connectivity index (χ0n) is 20.6. The van der Waals surface area contributed by atoms with Crippen LogP contribution in [0.5, 0.6) is 11.6 Å². The van der Waals surface area contributed by atoms with Crippen LogP contribution in [-0.4, -0.2) is 36.7 Å². The van der Waals surface area contributed by atoms with Crippen LogP contribution in [0.15, 0.2) is 59.4 Å². The lowest BCUT2D eigenvalue weighted by Gasteiger charge is -2.24. The SMILES string of the molecule is CC(C)(C)OC(=O)N1Cc2ccc(Oc3cnc(-c4nc(-c5ccc(C(F)(F)F)cc5)no4)cn3)cc2C1. The minimum atomic E-state index is -4.43. The summed E-state index contributed by atoms with van der Waals surface area (Å²) in [5.74, 6) is 0.922. The van der Waals surface area contributed by atoms with Gasteiger partial charge in [-0.2, -0.15) is 18.2 Å². The first-order valence-corrected chi connectivity index (χ1v) is 11.6. The first-order valence-electron chi connectivity index (χ1n) is 11.6. The topological polar surface area (TPSA) is 103 Å². The molecule has 1 aliphatic rings. The van der Waals surface area contributed by atoms with Gasteiger partial charge in [0.15, 0.2) is 0 Å². The Morgan fingerprint density at radius 2 is 1.71 bits per heavy atom. The molecule has 9 nitrogen and oxygen atoms in total. The summed E-state index contributed by atoms with van der Waals surface area (Å²) in [5.41, 5.74) is 1.24. The van der Waals surface area contributed by atoms with Gasteiger partial charge in [0, 0.05) is 18.7 Å². The number of amides is 1. The molecule has 0 saturated heterocycles. The third-order valence-corrected chi connectivity index (χ3v) is 5.52. The molecule has 4 aromatic rings. The third kappa shape index (κ3) is 5.58. The van der Waals surface area contributed by atoms with Gasteiger partial charge in [-0.15, -0.1) is 0 Å². The van der Waals surface area contributed by atoms with E-state index >= 15 is 0 Å². The molecule has 1 amide bonds. The van der Waals surface area contributed by atoms with Crippen molar-refractivity contribution in [2.24, 2.45) is 0 Å². The second-order valence-corrected chi connectivity index (χ2v) is 9.61. The normalized spacial score (nSPS) is 13.4. The van der Waals surface area contributed by atoms with Crippen LogP contribution in [-0.2, 0) is 24.0 Å². The number of fused-ring (bicyclic) bond motifs is 1. The third-order valence-electron chi connectivity index (χ3n) is 5.52. The van der Waals surface area contributed by atoms with Gasteiger partial charge in [0.2, 0.25) is 11.7 Å². The Morgan fingerprint density at radius 3 is 2.37 bits per heavy atom. The fraction of sp³-hybridized carbons (Fsp3) is 0.269. The molecule has 0 N–H and O–H groups in total. The lowest BCUT2D eigenvalue weighted by molar-refractivity contribution is -0.137. The highest BCUT2D eigenvalue weighted by atomic mass is 19.4. The number of ether oxygens (including phenoxy) is 2. The molecule has 2 aromatic heterocycles. The Bertz CT molecular complexity index is 1460. The monoisotopic (exact) mass is 525 g/mol. The summed E-state index contributed by atoms with van der Waals surface area (Å²) in [7, 11) is 0. The molecule has 12 heteroatoms. The Morgan fingerprint density at radius 1 is 0.974 bits per heavy atom. The fourth-order valence-electron chi connectivity index (χ4n) is 3.74. The van der Waals surface area contributed by atoms with Crippen molar-refractivity contribution in [3.63, 3.8) is 0 Å². The van der Waals surface area contributed by atoms with E-state index in [1.807, 2.05) is 32.9 Å². The summed E-state index contributed by atoms with van der Waals surface area (Å²) in [5, 5.41) is 3.81. The maximum absolute atomic E-state index is 12.8. The molecular weight excluding hydrogens is 503 g/mol. The first-order chi connectivity index (χ1) is 17.9. The molecule has 0 radical (unpaired) electrons. The highest BCUT2D eigenvalue weighted by Gasteiger charge is 2.30. The van der Waals surface area contributed by atoms with Crippen molar-refractivity contribution in [2.45, 2.75) is 45.6 Å². The van der Waals surface area contributed by atoms with Crippen molar-refractivity contribution in [3.8, 4) is 34.6 Å². The average Bonchev–Trinajstić information content (AvgIpc) is 3.51. The van der Waals surface area contributed by atoms with Crippen LogP contribution in [0.3, 0.4) is 0 Å². The first kappa shape index (κ1) is 25.2. The molecule has 0 unspecified atom stereocenters. The van der Waals surface area contributed by atoms with Crippen molar-refractivity contribution < 1.29 is 32.0 Å². The summed E-state index contributed by atoms with van der Waals surface area (Å²) in [6.07, 6.45) is -2.03. The smallest absolute Gasteiger partial charge is 0.416 e. The van der Waals surface area contributed by atoms with Crippen LogP contribution >= 0.6 is 0 Å². The molecule has 3 heterocycles. The van der Waals surface area contributed by atoms with E-state index in [0.29, 0.717) is 24.4 Å². The number of carbonyl (C=O) groups is 1. The molecule has 196 valence electrons. The summed E-state index contributed by atoms with van der Waals surface area (Å²) in [6.45, 7) is 6.33. The highest BCUT2D eigenvalue weighted by Crippen LogP contribution is 2.32. The van der Waals surface area contributed by atoms with Crippen LogP contribution in [0, 0.1) is 0 Å². The van der Waals surface area contributed by atoms with Gasteiger partial charge in [0.25, 0.3) is 5.89 Å². The van der Waals surface area contributed by atoms with Crippen LogP contribution in [0.2, 0.25) is 0 Å². The van der Waals surface area contributed by atoms with E-state index in [9.17, 15) is 18.0 Å². The van der Waals surface area contributed by atoms with Crippen molar-refractivity contribution in [3.05, 3.63) is 71.5 Å². The standard InChI is InChI=1S/C26H22F3N5O4/c1-25(2,3)37-24(35)34-13-16-6-9-19(10-17(16)14-34)36-21-12-30-20(11-31-21)23-32-22(33-38-23)15-4-7-18(8-5-15)26(27,28)29/h4-12H,13-14H2,1-3H3. The maximum Gasteiger partial charge on any atom is 0.416 e. The van der Waals surface area contributed by atoms with Gasteiger partial charge < -0.3 is 14.0 Å². The number of carbonyl (C=O) groups excluding carboxylic acids is 1. The van der Waals surface area contributed by atoms with E-state index in [1.54, 1.807) is 11.0 Å². The van der Waals surface area contributed by atoms with E-state index in [-0.39, 0.29) is 29.4 Å². The van der Waals surface area contributed by atoms with Gasteiger partial charge in [0.1, 0.15) is 17.0 Å². The zero-order chi connectivity index (χ0) is 27.1. The predicted molar refractivity (Wildman–Crippen MR) is 128 cm³/mol. The molecule has 0 bridgehead atoms. The Kier molecular flexibility index (Phi) is 6.25. The molecule has 0 spiro atoms. The van der Waals surface area contributed by atoms with Crippen LogP contribution in [0.1, 0.15) is 37.5 Å². The van der Waals surface area contributed by atoms with Crippen molar-refractivity contribution in [1.82, 2.24) is 25.0 Å². The molecule has 0 aliphatic carbocycles. The van der Waals surface area contributed by atoms with Gasteiger partial charge in [-0.25, -0.2) is 14.8 Å². The largest absolute Gasteiger partial charge is 0.444 e. The zero-order valence-corrected chi connectivity index (χ0v) is 20.6. The second kappa shape index (κ2) is 9.43. The molecule has 0 saturated carbocycles. The van der Waals surface area contributed by atoms with Crippen molar-refractivity contribution in [2.75, 3.05) is 0 Å². The lowest BCUT2D eigenvalue weighted by Crippen LogP contribution is -2.33. The van der Waals surface area contributed by atoms with Gasteiger partial charge in [-0.05, 0) is 56.2 Å². The number of halogens is 3. The maximum atomic E-state index is 12.8. The van der Waals surface area contributed by atoms with Gasteiger partial charge in [-0.1, -0.05) is 23.4 Å². The minimum absolute atomic E-state index is 0.0544. The summed E-state index contributed by atoms with van der Waals surface area (Å²) < 4.78 is 54.8. The Labute approximate surface area is 215 Å². The number of hydrogen-bond acceptors (Lipinski definition) is 8. The fourth-order valence-corrected chi connectivity index (χ4v) is 3.74. The molecular formula is C26H22F3N5O4. The highest BCUT2D eigenvalue weighted by molar-refractivity contribution is 5.69.